The smallest absolute Gasteiger partial charge is 0.190 e. The Morgan fingerprint density at radius 3 is 3.07 bits per heavy atom. The Kier molecular flexibility index (Phi) is 4.13. The Morgan fingerprint density at radius 2 is 2.47 bits per heavy atom. The highest BCUT2D eigenvalue weighted by atomic mass is 79.9. The monoisotopic (exact) mass is 294 g/mol. The number of rotatable bonds is 3. The highest BCUT2D eigenvalue weighted by Gasteiger charge is 2.15. The summed E-state index contributed by atoms with van der Waals surface area (Å²) in [5.41, 5.74) is 0. The summed E-state index contributed by atoms with van der Waals surface area (Å²) in [6, 6.07) is 1.75. The van der Waals surface area contributed by atoms with Crippen LogP contribution in [-0.4, -0.2) is 12.9 Å². The third-order valence-electron chi connectivity index (χ3n) is 2.25. The van der Waals surface area contributed by atoms with Gasteiger partial charge in [0.2, 0.25) is 0 Å². The highest BCUT2D eigenvalue weighted by molar-refractivity contribution is 9.10. The van der Waals surface area contributed by atoms with Crippen molar-refractivity contribution in [3.05, 3.63) is 20.5 Å². The average Bonchev–Trinajstić information content (AvgIpc) is 2.57. The maximum absolute atomic E-state index is 13.0. The molecule has 0 saturated carbocycles. The van der Waals surface area contributed by atoms with Crippen molar-refractivity contribution < 1.29 is 13.9 Å². The van der Waals surface area contributed by atoms with E-state index in [9.17, 15) is 4.39 Å². The SMILES string of the molecule is Fc1sc(COC2CCCCO2)cc1Br. The summed E-state index contributed by atoms with van der Waals surface area (Å²) in [4.78, 5) is 0.883. The number of ether oxygens (including phenoxy) is 2. The van der Waals surface area contributed by atoms with Crippen molar-refractivity contribution in [2.24, 2.45) is 0 Å². The second-order valence-corrected chi connectivity index (χ2v) is 5.38. The predicted octanol–water partition coefficient (Wildman–Crippen LogP) is 3.69. The van der Waals surface area contributed by atoms with Gasteiger partial charge in [-0.15, -0.1) is 11.3 Å². The summed E-state index contributed by atoms with van der Waals surface area (Å²) >= 11 is 4.24. The summed E-state index contributed by atoms with van der Waals surface area (Å²) in [5.74, 6) is 0. The van der Waals surface area contributed by atoms with Crippen LogP contribution in [0.15, 0.2) is 10.5 Å². The van der Waals surface area contributed by atoms with Crippen LogP contribution in [0.2, 0.25) is 0 Å². The van der Waals surface area contributed by atoms with Gasteiger partial charge in [-0.25, -0.2) is 0 Å². The van der Waals surface area contributed by atoms with Crippen LogP contribution in [0.3, 0.4) is 0 Å². The van der Waals surface area contributed by atoms with Crippen molar-refractivity contribution in [1.29, 1.82) is 0 Å². The molecule has 0 radical (unpaired) electrons. The van der Waals surface area contributed by atoms with Crippen molar-refractivity contribution in [3.63, 3.8) is 0 Å². The van der Waals surface area contributed by atoms with Crippen LogP contribution in [0.1, 0.15) is 24.1 Å². The Labute approximate surface area is 101 Å². The normalized spacial score (nSPS) is 21.9. The summed E-state index contributed by atoms with van der Waals surface area (Å²) in [7, 11) is 0. The molecule has 1 atom stereocenters. The molecule has 1 aromatic rings. The van der Waals surface area contributed by atoms with Gasteiger partial charge in [0, 0.05) is 11.5 Å². The molecule has 2 heterocycles. The van der Waals surface area contributed by atoms with E-state index in [1.807, 2.05) is 0 Å². The van der Waals surface area contributed by atoms with Gasteiger partial charge in [-0.05, 0) is 41.3 Å². The first-order chi connectivity index (χ1) is 7.25. The van der Waals surface area contributed by atoms with E-state index in [0.29, 0.717) is 11.1 Å². The van der Waals surface area contributed by atoms with Gasteiger partial charge in [-0.3, -0.25) is 0 Å². The zero-order chi connectivity index (χ0) is 10.7. The first-order valence-corrected chi connectivity index (χ1v) is 6.53. The van der Waals surface area contributed by atoms with Crippen LogP contribution in [-0.2, 0) is 16.1 Å². The van der Waals surface area contributed by atoms with E-state index in [4.69, 9.17) is 9.47 Å². The second kappa shape index (κ2) is 5.39. The van der Waals surface area contributed by atoms with Crippen molar-refractivity contribution in [2.75, 3.05) is 6.61 Å². The molecule has 0 amide bonds. The molecule has 0 bridgehead atoms. The Bertz CT molecular complexity index is 304. The van der Waals surface area contributed by atoms with E-state index in [-0.39, 0.29) is 11.4 Å². The van der Waals surface area contributed by atoms with Gasteiger partial charge < -0.3 is 9.47 Å². The average molecular weight is 295 g/mol. The molecule has 2 rings (SSSR count). The van der Waals surface area contributed by atoms with E-state index in [1.54, 1.807) is 6.07 Å². The van der Waals surface area contributed by atoms with E-state index in [1.165, 1.54) is 0 Å². The zero-order valence-corrected chi connectivity index (χ0v) is 10.6. The zero-order valence-electron chi connectivity index (χ0n) is 8.17. The lowest BCUT2D eigenvalue weighted by atomic mass is 10.2. The van der Waals surface area contributed by atoms with Gasteiger partial charge in [0.05, 0.1) is 11.1 Å². The molecule has 1 aromatic heterocycles. The Hall–Kier alpha value is 0.0300. The third kappa shape index (κ3) is 3.24. The lowest BCUT2D eigenvalue weighted by Crippen LogP contribution is -2.21. The van der Waals surface area contributed by atoms with Crippen molar-refractivity contribution in [1.82, 2.24) is 0 Å². The van der Waals surface area contributed by atoms with Gasteiger partial charge in [-0.1, -0.05) is 0 Å². The summed E-state index contributed by atoms with van der Waals surface area (Å²) in [6.45, 7) is 1.20. The molecule has 84 valence electrons. The number of thiophene rings is 1. The van der Waals surface area contributed by atoms with Gasteiger partial charge in [-0.2, -0.15) is 4.39 Å². The minimum absolute atomic E-state index is 0.109. The van der Waals surface area contributed by atoms with Crippen LogP contribution in [0.5, 0.6) is 0 Å². The van der Waals surface area contributed by atoms with E-state index >= 15 is 0 Å². The minimum Gasteiger partial charge on any atom is -0.353 e. The van der Waals surface area contributed by atoms with Gasteiger partial charge in [0.15, 0.2) is 11.4 Å². The molecule has 1 aliphatic rings. The summed E-state index contributed by atoms with van der Waals surface area (Å²) < 4.78 is 24.5. The second-order valence-electron chi connectivity index (χ2n) is 3.44. The van der Waals surface area contributed by atoms with E-state index < -0.39 is 0 Å². The number of hydrogen-bond donors (Lipinski definition) is 0. The lowest BCUT2D eigenvalue weighted by Gasteiger charge is -2.22. The molecular weight excluding hydrogens is 283 g/mol. The first kappa shape index (κ1) is 11.5. The summed E-state index contributed by atoms with van der Waals surface area (Å²) in [6.07, 6.45) is 3.09. The molecule has 1 aliphatic heterocycles. The van der Waals surface area contributed by atoms with Crippen LogP contribution < -0.4 is 0 Å². The molecule has 0 aliphatic carbocycles. The Balaban J connectivity index is 1.81. The standard InChI is InChI=1S/C10H12BrFO2S/c11-8-5-7(15-10(8)12)6-14-9-3-1-2-4-13-9/h5,9H,1-4,6H2. The van der Waals surface area contributed by atoms with Crippen LogP contribution >= 0.6 is 27.3 Å². The fourth-order valence-electron chi connectivity index (χ4n) is 1.48. The fourth-order valence-corrected chi connectivity index (χ4v) is 2.84. The fraction of sp³-hybridized carbons (Fsp3) is 0.600. The van der Waals surface area contributed by atoms with Crippen LogP contribution in [0.4, 0.5) is 4.39 Å². The largest absolute Gasteiger partial charge is 0.353 e. The lowest BCUT2D eigenvalue weighted by molar-refractivity contribution is -0.168. The third-order valence-corrected chi connectivity index (χ3v) is 3.98. The number of halogens is 2. The van der Waals surface area contributed by atoms with Gasteiger partial charge in [0.25, 0.3) is 0 Å². The molecule has 5 heteroatoms. The molecule has 1 saturated heterocycles. The highest BCUT2D eigenvalue weighted by Crippen LogP contribution is 2.26. The van der Waals surface area contributed by atoms with Crippen molar-refractivity contribution >= 4 is 27.3 Å². The minimum atomic E-state index is -0.196. The molecule has 1 fully saturated rings. The van der Waals surface area contributed by atoms with Gasteiger partial charge >= 0.3 is 0 Å². The molecule has 0 spiro atoms. The molecule has 0 N–H and O–H groups in total. The molecular formula is C10H12BrFO2S. The maximum atomic E-state index is 13.0. The molecule has 2 nitrogen and oxygen atoms in total. The molecule has 0 aromatic carbocycles. The van der Waals surface area contributed by atoms with Crippen LogP contribution in [0, 0.1) is 5.13 Å². The predicted molar refractivity (Wildman–Crippen MR) is 60.4 cm³/mol. The van der Waals surface area contributed by atoms with Crippen LogP contribution in [0.25, 0.3) is 0 Å². The molecule has 15 heavy (non-hydrogen) atoms. The van der Waals surface area contributed by atoms with Crippen molar-refractivity contribution in [3.8, 4) is 0 Å². The number of hydrogen-bond acceptors (Lipinski definition) is 3. The summed E-state index contributed by atoms with van der Waals surface area (Å²) in [5, 5.41) is -0.196. The van der Waals surface area contributed by atoms with Crippen molar-refractivity contribution in [2.45, 2.75) is 32.2 Å². The van der Waals surface area contributed by atoms with Gasteiger partial charge in [0.1, 0.15) is 0 Å². The Morgan fingerprint density at radius 1 is 1.60 bits per heavy atom. The van der Waals surface area contributed by atoms with E-state index in [2.05, 4.69) is 15.9 Å². The molecule has 1 unspecified atom stereocenters. The first-order valence-electron chi connectivity index (χ1n) is 4.92. The quantitative estimate of drug-likeness (QED) is 0.846. The topological polar surface area (TPSA) is 18.5 Å². The van der Waals surface area contributed by atoms with E-state index in [0.717, 1.165) is 42.1 Å². The maximum Gasteiger partial charge on any atom is 0.190 e.